The Labute approximate surface area is 182 Å². The van der Waals surface area contributed by atoms with Crippen molar-refractivity contribution in [1.82, 2.24) is 0 Å². The molecule has 0 saturated carbocycles. The zero-order chi connectivity index (χ0) is 19.7. The Morgan fingerprint density at radius 3 is 1.48 bits per heavy atom. The van der Waals surface area contributed by atoms with Crippen molar-refractivity contribution in [1.29, 1.82) is 0 Å². The van der Waals surface area contributed by atoms with Gasteiger partial charge in [-0.2, -0.15) is 0 Å². The van der Waals surface area contributed by atoms with Crippen LogP contribution in [0.1, 0.15) is 110 Å². The Hall–Kier alpha value is -1.56. The zero-order valence-electron chi connectivity index (χ0n) is 18.3. The molecule has 29 heavy (non-hydrogen) atoms. The van der Waals surface area contributed by atoms with Gasteiger partial charge in [-0.1, -0.05) is 105 Å². The summed E-state index contributed by atoms with van der Waals surface area (Å²) in [7, 11) is 0. The van der Waals surface area contributed by atoms with Gasteiger partial charge in [0.1, 0.15) is 0 Å². The van der Waals surface area contributed by atoms with E-state index in [9.17, 15) is 0 Å². The molecule has 162 valence electrons. The molecule has 0 heteroatoms. The molecule has 4 rings (SSSR count). The molecule has 0 radical (unpaired) electrons. The van der Waals surface area contributed by atoms with Gasteiger partial charge in [-0.25, -0.2) is 0 Å². The average molecular weight is 395 g/mol. The molecular formula is C29H46. The maximum absolute atomic E-state index is 2.36. The minimum atomic E-state index is 0. The van der Waals surface area contributed by atoms with Gasteiger partial charge in [0.05, 0.1) is 0 Å². The third-order valence-electron chi connectivity index (χ3n) is 6.59. The van der Waals surface area contributed by atoms with Crippen molar-refractivity contribution in [3.05, 3.63) is 70.8 Å². The molecule has 2 aromatic carbocycles. The van der Waals surface area contributed by atoms with E-state index in [-0.39, 0.29) is 14.9 Å². The van der Waals surface area contributed by atoms with Crippen LogP contribution in [0.3, 0.4) is 0 Å². The van der Waals surface area contributed by atoms with Gasteiger partial charge in [0, 0.05) is 0 Å². The van der Waals surface area contributed by atoms with E-state index >= 15 is 0 Å². The van der Waals surface area contributed by atoms with Gasteiger partial charge in [0.15, 0.2) is 0 Å². The van der Waals surface area contributed by atoms with Gasteiger partial charge in [0.2, 0.25) is 0 Å². The Bertz CT molecular complexity index is 754. The van der Waals surface area contributed by atoms with Crippen molar-refractivity contribution >= 4 is 0 Å². The molecule has 0 N–H and O–H groups in total. The van der Waals surface area contributed by atoms with Crippen LogP contribution < -0.4 is 0 Å². The molecular weight excluding hydrogens is 348 g/mol. The summed E-state index contributed by atoms with van der Waals surface area (Å²) < 4.78 is 0. The number of aryl methyl sites for hydroxylation is 2. The van der Waals surface area contributed by atoms with Gasteiger partial charge in [0.25, 0.3) is 0 Å². The van der Waals surface area contributed by atoms with Crippen molar-refractivity contribution in [3.63, 3.8) is 0 Å². The monoisotopic (exact) mass is 394 g/mol. The molecule has 2 aliphatic rings. The highest BCUT2D eigenvalue weighted by molar-refractivity contribution is 5.36. The lowest BCUT2D eigenvalue weighted by atomic mass is 9.69. The molecule has 0 amide bonds. The summed E-state index contributed by atoms with van der Waals surface area (Å²) in [6.45, 7) is 14.1. The van der Waals surface area contributed by atoms with E-state index in [4.69, 9.17) is 0 Å². The van der Waals surface area contributed by atoms with Gasteiger partial charge >= 0.3 is 0 Å². The maximum atomic E-state index is 2.36. The van der Waals surface area contributed by atoms with Gasteiger partial charge in [-0.05, 0) is 77.0 Å². The third-order valence-corrected chi connectivity index (χ3v) is 6.59. The first kappa shape index (κ1) is 25.5. The van der Waals surface area contributed by atoms with Crippen molar-refractivity contribution in [2.24, 2.45) is 10.8 Å². The van der Waals surface area contributed by atoms with E-state index in [0.29, 0.717) is 10.8 Å². The van der Waals surface area contributed by atoms with Crippen LogP contribution in [0.2, 0.25) is 0 Å². The molecule has 0 aliphatic heterocycles. The second kappa shape index (κ2) is 9.96. The molecule has 2 aromatic rings. The molecule has 0 bridgehead atoms. The van der Waals surface area contributed by atoms with E-state index in [1.807, 2.05) is 0 Å². The van der Waals surface area contributed by atoms with Crippen molar-refractivity contribution < 1.29 is 0 Å². The zero-order valence-corrected chi connectivity index (χ0v) is 18.3. The van der Waals surface area contributed by atoms with E-state index in [2.05, 4.69) is 90.1 Å². The fraction of sp³-hybridized carbons (Fsp3) is 0.586. The Morgan fingerprint density at radius 1 is 0.586 bits per heavy atom. The quantitative estimate of drug-likeness (QED) is 0.417. The summed E-state index contributed by atoms with van der Waals surface area (Å²) in [6.07, 6.45) is 6.61. The predicted octanol–water partition coefficient (Wildman–Crippen LogP) is 9.19. The summed E-state index contributed by atoms with van der Waals surface area (Å²) in [5.74, 6) is 1.52. The van der Waals surface area contributed by atoms with Gasteiger partial charge in [-0.3, -0.25) is 0 Å². The van der Waals surface area contributed by atoms with E-state index in [1.165, 1.54) is 32.1 Å². The number of rotatable bonds is 0. The Balaban J connectivity index is 0.000000272. The van der Waals surface area contributed by atoms with Crippen molar-refractivity contribution in [2.45, 2.75) is 100 Å². The van der Waals surface area contributed by atoms with Crippen LogP contribution in [0.5, 0.6) is 0 Å². The lowest BCUT2D eigenvalue weighted by Gasteiger charge is -2.35. The third kappa shape index (κ3) is 5.97. The lowest BCUT2D eigenvalue weighted by molar-refractivity contribution is 0.289. The summed E-state index contributed by atoms with van der Waals surface area (Å²) in [6, 6.07) is 17.9. The average Bonchev–Trinajstić information content (AvgIpc) is 3.05. The second-order valence-corrected chi connectivity index (χ2v) is 10.7. The minimum absolute atomic E-state index is 0. The first-order chi connectivity index (χ1) is 12.7. The SMILES string of the molecule is C.C.CC(C)(C)C1CCCc2ccccc21.CC(C)(C)C1CCc2ccccc21. The van der Waals surface area contributed by atoms with Crippen LogP contribution in [0.25, 0.3) is 0 Å². The standard InChI is InChI=1S/C14H20.C13H18.2CH4/c1-14(2,3)13-10-6-8-11-7-4-5-9-12(11)13;1-13(2,3)12-9-8-10-6-4-5-7-11(10)12;;/h4-5,7,9,13H,6,8,10H2,1-3H3;4-7,12H,8-9H2,1-3H3;2*1H4. The molecule has 2 aliphatic carbocycles. The Kier molecular flexibility index (Phi) is 8.75. The highest BCUT2D eigenvalue weighted by Gasteiger charge is 2.31. The van der Waals surface area contributed by atoms with Gasteiger partial charge < -0.3 is 0 Å². The number of benzene rings is 2. The van der Waals surface area contributed by atoms with E-state index in [0.717, 1.165) is 11.8 Å². The fourth-order valence-corrected chi connectivity index (χ4v) is 5.11. The van der Waals surface area contributed by atoms with Crippen molar-refractivity contribution in [3.8, 4) is 0 Å². The molecule has 2 unspecified atom stereocenters. The van der Waals surface area contributed by atoms with Crippen LogP contribution in [-0.4, -0.2) is 0 Å². The van der Waals surface area contributed by atoms with Gasteiger partial charge in [-0.15, -0.1) is 0 Å². The van der Waals surface area contributed by atoms with Crippen LogP contribution >= 0.6 is 0 Å². The summed E-state index contributed by atoms with van der Waals surface area (Å²) in [5.41, 5.74) is 7.19. The normalized spacial score (nSPS) is 20.2. The van der Waals surface area contributed by atoms with E-state index < -0.39 is 0 Å². The first-order valence-electron chi connectivity index (χ1n) is 10.8. The molecule has 0 fully saturated rings. The molecule has 2 atom stereocenters. The Morgan fingerprint density at radius 2 is 1.00 bits per heavy atom. The number of fused-ring (bicyclic) bond motifs is 2. The minimum Gasteiger partial charge on any atom is -0.0776 e. The molecule has 0 saturated heterocycles. The van der Waals surface area contributed by atoms with Crippen molar-refractivity contribution in [2.75, 3.05) is 0 Å². The highest BCUT2D eigenvalue weighted by atomic mass is 14.4. The number of hydrogen-bond donors (Lipinski definition) is 0. The van der Waals surface area contributed by atoms with Crippen LogP contribution in [0.4, 0.5) is 0 Å². The van der Waals surface area contributed by atoms with Crippen LogP contribution in [0.15, 0.2) is 48.5 Å². The van der Waals surface area contributed by atoms with Crippen LogP contribution in [-0.2, 0) is 12.8 Å². The summed E-state index contributed by atoms with van der Waals surface area (Å²) in [4.78, 5) is 0. The largest absolute Gasteiger partial charge is 0.0776 e. The maximum Gasteiger partial charge on any atom is -0.0107 e. The highest BCUT2D eigenvalue weighted by Crippen LogP contribution is 2.44. The smallest absolute Gasteiger partial charge is 0.0107 e. The molecule has 0 nitrogen and oxygen atoms in total. The predicted molar refractivity (Wildman–Crippen MR) is 132 cm³/mol. The summed E-state index contributed by atoms with van der Waals surface area (Å²) in [5, 5.41) is 0. The molecule has 0 spiro atoms. The van der Waals surface area contributed by atoms with E-state index in [1.54, 1.807) is 22.3 Å². The second-order valence-electron chi connectivity index (χ2n) is 10.7. The topological polar surface area (TPSA) is 0 Å². The molecule has 0 heterocycles. The molecule has 0 aromatic heterocycles. The fourth-order valence-electron chi connectivity index (χ4n) is 5.11. The van der Waals surface area contributed by atoms with Crippen LogP contribution in [0, 0.1) is 10.8 Å². The summed E-state index contributed by atoms with van der Waals surface area (Å²) >= 11 is 0. The number of hydrogen-bond acceptors (Lipinski definition) is 0. The lowest BCUT2D eigenvalue weighted by Crippen LogP contribution is -2.22. The first-order valence-corrected chi connectivity index (χ1v) is 10.8.